The molecule has 0 saturated heterocycles. The van der Waals surface area contributed by atoms with Crippen LogP contribution in [0.15, 0.2) is 52.2 Å². The highest BCUT2D eigenvalue weighted by molar-refractivity contribution is 7.90. The molecule has 0 saturated carbocycles. The van der Waals surface area contributed by atoms with Crippen LogP contribution in [-0.4, -0.2) is 14.7 Å². The average molecular weight is 251 g/mol. The van der Waals surface area contributed by atoms with E-state index in [1.807, 2.05) is 0 Å². The molecule has 90 valence electrons. The second-order valence-corrected chi connectivity index (χ2v) is 5.89. The molecule has 0 amide bonds. The van der Waals surface area contributed by atoms with Gasteiger partial charge in [-0.3, -0.25) is 0 Å². The van der Waals surface area contributed by atoms with Crippen LogP contribution in [-0.2, 0) is 9.84 Å². The molecule has 0 spiro atoms. The number of benzene rings is 1. The normalized spacial score (nSPS) is 13.5. The van der Waals surface area contributed by atoms with Crippen LogP contribution in [0.3, 0.4) is 0 Å². The second kappa shape index (κ2) is 4.35. The lowest BCUT2D eigenvalue weighted by molar-refractivity contribution is 0.562. The molecule has 1 aromatic heterocycles. The Hall–Kier alpha value is -1.59. The molecule has 1 unspecified atom stereocenters. The van der Waals surface area contributed by atoms with Crippen LogP contribution < -0.4 is 5.73 Å². The monoisotopic (exact) mass is 251 g/mol. The Morgan fingerprint density at radius 1 is 1.12 bits per heavy atom. The third-order valence-corrected chi connectivity index (χ3v) is 3.70. The van der Waals surface area contributed by atoms with Gasteiger partial charge in [-0.25, -0.2) is 8.42 Å². The molecule has 1 aromatic carbocycles. The van der Waals surface area contributed by atoms with Crippen molar-refractivity contribution in [2.24, 2.45) is 5.73 Å². The number of furan rings is 1. The quantitative estimate of drug-likeness (QED) is 0.901. The lowest BCUT2D eigenvalue weighted by atomic mass is 10.0. The van der Waals surface area contributed by atoms with Crippen molar-refractivity contribution < 1.29 is 12.8 Å². The van der Waals surface area contributed by atoms with Gasteiger partial charge in [0, 0.05) is 11.8 Å². The largest absolute Gasteiger partial charge is 0.472 e. The fourth-order valence-corrected chi connectivity index (χ4v) is 2.20. The van der Waals surface area contributed by atoms with Gasteiger partial charge < -0.3 is 10.2 Å². The number of hydrogen-bond donors (Lipinski definition) is 1. The smallest absolute Gasteiger partial charge is 0.175 e. The van der Waals surface area contributed by atoms with Gasteiger partial charge in [0.1, 0.15) is 0 Å². The van der Waals surface area contributed by atoms with Crippen LogP contribution in [0.1, 0.15) is 17.2 Å². The van der Waals surface area contributed by atoms with Crippen molar-refractivity contribution in [1.29, 1.82) is 0 Å². The first kappa shape index (κ1) is 11.9. The summed E-state index contributed by atoms with van der Waals surface area (Å²) in [6.07, 6.45) is 4.31. The Balaban J connectivity index is 2.30. The van der Waals surface area contributed by atoms with E-state index >= 15 is 0 Å². The van der Waals surface area contributed by atoms with Crippen molar-refractivity contribution in [2.45, 2.75) is 10.9 Å². The number of rotatable bonds is 3. The van der Waals surface area contributed by atoms with Crippen LogP contribution in [0.25, 0.3) is 0 Å². The van der Waals surface area contributed by atoms with Crippen molar-refractivity contribution in [3.8, 4) is 0 Å². The van der Waals surface area contributed by atoms with Crippen LogP contribution >= 0.6 is 0 Å². The molecule has 0 aliphatic heterocycles. The van der Waals surface area contributed by atoms with Crippen LogP contribution in [0.2, 0.25) is 0 Å². The molecule has 0 bridgehead atoms. The summed E-state index contributed by atoms with van der Waals surface area (Å²) in [6.45, 7) is 0. The Kier molecular flexibility index (Phi) is 3.04. The summed E-state index contributed by atoms with van der Waals surface area (Å²) in [4.78, 5) is 0.292. The third-order valence-electron chi connectivity index (χ3n) is 2.57. The molecule has 17 heavy (non-hydrogen) atoms. The summed E-state index contributed by atoms with van der Waals surface area (Å²) in [6, 6.07) is 8.04. The number of hydrogen-bond acceptors (Lipinski definition) is 4. The van der Waals surface area contributed by atoms with Crippen molar-refractivity contribution >= 4 is 9.84 Å². The summed E-state index contributed by atoms with van der Waals surface area (Å²) >= 11 is 0. The third kappa shape index (κ3) is 2.57. The van der Waals surface area contributed by atoms with Crippen molar-refractivity contribution in [1.82, 2.24) is 0 Å². The number of nitrogens with two attached hydrogens (primary N) is 1. The van der Waals surface area contributed by atoms with Gasteiger partial charge >= 0.3 is 0 Å². The summed E-state index contributed by atoms with van der Waals surface area (Å²) < 4.78 is 27.6. The van der Waals surface area contributed by atoms with Gasteiger partial charge in [0.2, 0.25) is 0 Å². The topological polar surface area (TPSA) is 73.3 Å². The average Bonchev–Trinajstić information content (AvgIpc) is 2.80. The first-order valence-corrected chi connectivity index (χ1v) is 6.95. The fraction of sp³-hybridized carbons (Fsp3) is 0.167. The highest BCUT2D eigenvalue weighted by Crippen LogP contribution is 2.21. The van der Waals surface area contributed by atoms with Gasteiger partial charge in [-0.05, 0) is 23.8 Å². The molecule has 0 aliphatic carbocycles. The Morgan fingerprint density at radius 3 is 2.24 bits per heavy atom. The van der Waals surface area contributed by atoms with Gasteiger partial charge in [0.15, 0.2) is 9.84 Å². The molecule has 0 fully saturated rings. The molecule has 2 N–H and O–H groups in total. The molecule has 5 heteroatoms. The van der Waals surface area contributed by atoms with E-state index in [4.69, 9.17) is 10.2 Å². The molecule has 4 nitrogen and oxygen atoms in total. The van der Waals surface area contributed by atoms with E-state index in [-0.39, 0.29) is 6.04 Å². The van der Waals surface area contributed by atoms with Gasteiger partial charge in [-0.15, -0.1) is 0 Å². The van der Waals surface area contributed by atoms with Crippen LogP contribution in [0.5, 0.6) is 0 Å². The van der Waals surface area contributed by atoms with E-state index < -0.39 is 9.84 Å². The molecule has 0 aliphatic rings. The molecular weight excluding hydrogens is 238 g/mol. The summed E-state index contributed by atoms with van der Waals surface area (Å²) in [5, 5.41) is 0. The second-order valence-electron chi connectivity index (χ2n) is 3.88. The van der Waals surface area contributed by atoms with Crippen molar-refractivity contribution in [3.05, 3.63) is 54.0 Å². The van der Waals surface area contributed by atoms with E-state index in [0.717, 1.165) is 11.1 Å². The minimum Gasteiger partial charge on any atom is -0.472 e. The maximum atomic E-state index is 11.3. The Bertz CT molecular complexity index is 585. The Labute approximate surface area is 100.0 Å². The minimum absolute atomic E-state index is 0.292. The predicted octanol–water partition coefficient (Wildman–Crippen LogP) is 1.73. The Morgan fingerprint density at radius 2 is 1.76 bits per heavy atom. The molecule has 2 aromatic rings. The molecule has 1 atom stereocenters. The summed E-state index contributed by atoms with van der Waals surface area (Å²) in [7, 11) is -3.16. The lowest BCUT2D eigenvalue weighted by Gasteiger charge is -2.10. The van der Waals surface area contributed by atoms with E-state index in [1.165, 1.54) is 6.26 Å². The van der Waals surface area contributed by atoms with Crippen LogP contribution in [0.4, 0.5) is 0 Å². The zero-order chi connectivity index (χ0) is 12.5. The zero-order valence-corrected chi connectivity index (χ0v) is 10.1. The van der Waals surface area contributed by atoms with Gasteiger partial charge in [0.25, 0.3) is 0 Å². The molecule has 1 heterocycles. The first-order valence-electron chi connectivity index (χ1n) is 5.06. The summed E-state index contributed by atoms with van der Waals surface area (Å²) in [5.74, 6) is 0. The maximum absolute atomic E-state index is 11.3. The zero-order valence-electron chi connectivity index (χ0n) is 9.33. The standard InChI is InChI=1S/C12H13NO3S/c1-17(14,15)11-4-2-9(3-5-11)12(13)10-6-7-16-8-10/h2-8,12H,13H2,1H3. The van der Waals surface area contributed by atoms with Gasteiger partial charge in [0.05, 0.1) is 23.5 Å². The van der Waals surface area contributed by atoms with E-state index in [9.17, 15) is 8.42 Å². The van der Waals surface area contributed by atoms with Gasteiger partial charge in [-0.2, -0.15) is 0 Å². The lowest BCUT2D eigenvalue weighted by Crippen LogP contribution is -2.11. The van der Waals surface area contributed by atoms with Gasteiger partial charge in [-0.1, -0.05) is 12.1 Å². The predicted molar refractivity (Wildman–Crippen MR) is 64.3 cm³/mol. The minimum atomic E-state index is -3.16. The molecule has 2 rings (SSSR count). The number of sulfone groups is 1. The fourth-order valence-electron chi connectivity index (χ4n) is 1.57. The van der Waals surface area contributed by atoms with E-state index in [2.05, 4.69) is 0 Å². The van der Waals surface area contributed by atoms with Crippen molar-refractivity contribution in [3.63, 3.8) is 0 Å². The van der Waals surface area contributed by atoms with E-state index in [0.29, 0.717) is 4.90 Å². The van der Waals surface area contributed by atoms with Crippen molar-refractivity contribution in [2.75, 3.05) is 6.26 Å². The molecule has 0 radical (unpaired) electrons. The first-order chi connectivity index (χ1) is 7.98. The maximum Gasteiger partial charge on any atom is 0.175 e. The van der Waals surface area contributed by atoms with E-state index in [1.54, 1.807) is 42.9 Å². The summed E-state index contributed by atoms with van der Waals surface area (Å²) in [5.41, 5.74) is 7.71. The highest BCUT2D eigenvalue weighted by Gasteiger charge is 2.12. The highest BCUT2D eigenvalue weighted by atomic mass is 32.2. The SMILES string of the molecule is CS(=O)(=O)c1ccc(C(N)c2ccoc2)cc1. The van der Waals surface area contributed by atoms with Crippen LogP contribution in [0, 0.1) is 0 Å². The molecular formula is C12H13NO3S.